The summed E-state index contributed by atoms with van der Waals surface area (Å²) in [7, 11) is 2.16. The fourth-order valence-electron chi connectivity index (χ4n) is 2.29. The van der Waals surface area contributed by atoms with Gasteiger partial charge in [-0.25, -0.2) is 4.79 Å². The quantitative estimate of drug-likeness (QED) is 0.757. The van der Waals surface area contributed by atoms with Gasteiger partial charge < -0.3 is 15.5 Å². The third-order valence-electron chi connectivity index (χ3n) is 3.83. The van der Waals surface area contributed by atoms with Crippen molar-refractivity contribution in [1.82, 2.24) is 15.5 Å². The number of likely N-dealkylation sites (tertiary alicyclic amines) is 1. The van der Waals surface area contributed by atoms with Crippen LogP contribution in [0.15, 0.2) is 0 Å². The Labute approximate surface area is 97.8 Å². The fraction of sp³-hybridized carbons (Fsp3) is 0.917. The normalized spacial score (nSPS) is 23.8. The van der Waals surface area contributed by atoms with Crippen molar-refractivity contribution in [2.24, 2.45) is 5.92 Å². The van der Waals surface area contributed by atoms with E-state index in [4.69, 9.17) is 0 Å². The first-order valence-corrected chi connectivity index (χ1v) is 6.47. The number of piperidine rings is 1. The molecule has 1 aliphatic heterocycles. The van der Waals surface area contributed by atoms with Crippen molar-refractivity contribution < 1.29 is 4.79 Å². The van der Waals surface area contributed by atoms with E-state index in [9.17, 15) is 4.79 Å². The van der Waals surface area contributed by atoms with Gasteiger partial charge in [0.2, 0.25) is 0 Å². The van der Waals surface area contributed by atoms with E-state index < -0.39 is 0 Å². The molecule has 0 aromatic carbocycles. The van der Waals surface area contributed by atoms with Crippen molar-refractivity contribution in [3.05, 3.63) is 0 Å². The molecule has 0 unspecified atom stereocenters. The molecule has 0 radical (unpaired) electrons. The molecule has 2 rings (SSSR count). The third-order valence-corrected chi connectivity index (χ3v) is 3.83. The maximum Gasteiger partial charge on any atom is 0.315 e. The Kier molecular flexibility index (Phi) is 4.04. The second-order valence-electron chi connectivity index (χ2n) is 5.23. The Balaban J connectivity index is 1.57. The Morgan fingerprint density at radius 1 is 1.25 bits per heavy atom. The summed E-state index contributed by atoms with van der Waals surface area (Å²) in [6.07, 6.45) is 5.99. The van der Waals surface area contributed by atoms with Crippen molar-refractivity contribution in [2.75, 3.05) is 26.7 Å². The van der Waals surface area contributed by atoms with Crippen molar-refractivity contribution in [1.29, 1.82) is 0 Å². The van der Waals surface area contributed by atoms with Crippen LogP contribution in [-0.4, -0.2) is 43.7 Å². The molecule has 16 heavy (non-hydrogen) atoms. The van der Waals surface area contributed by atoms with Gasteiger partial charge in [-0.15, -0.1) is 0 Å². The fourth-order valence-corrected chi connectivity index (χ4v) is 2.29. The topological polar surface area (TPSA) is 44.4 Å². The smallest absolute Gasteiger partial charge is 0.315 e. The van der Waals surface area contributed by atoms with Gasteiger partial charge >= 0.3 is 6.03 Å². The lowest BCUT2D eigenvalue weighted by Gasteiger charge is -2.30. The molecule has 1 saturated carbocycles. The van der Waals surface area contributed by atoms with Gasteiger partial charge in [-0.3, -0.25) is 0 Å². The van der Waals surface area contributed by atoms with Crippen LogP contribution in [0.3, 0.4) is 0 Å². The molecule has 1 heterocycles. The molecule has 4 nitrogen and oxygen atoms in total. The second kappa shape index (κ2) is 5.53. The molecule has 2 fully saturated rings. The molecule has 0 aromatic heterocycles. The van der Waals surface area contributed by atoms with E-state index in [0.717, 1.165) is 32.5 Å². The number of carbonyl (C=O) groups excluding carboxylic acids is 1. The Bertz CT molecular complexity index is 232. The lowest BCUT2D eigenvalue weighted by atomic mass is 9.93. The van der Waals surface area contributed by atoms with E-state index in [-0.39, 0.29) is 6.03 Å². The number of urea groups is 1. The van der Waals surface area contributed by atoms with Gasteiger partial charge in [0.15, 0.2) is 0 Å². The highest BCUT2D eigenvalue weighted by atomic mass is 16.2. The molecular formula is C12H23N3O. The molecule has 2 N–H and O–H groups in total. The Morgan fingerprint density at radius 2 is 1.94 bits per heavy atom. The van der Waals surface area contributed by atoms with Gasteiger partial charge in [0.05, 0.1) is 0 Å². The van der Waals surface area contributed by atoms with E-state index in [0.29, 0.717) is 12.0 Å². The molecule has 2 amide bonds. The van der Waals surface area contributed by atoms with Crippen LogP contribution in [0, 0.1) is 5.92 Å². The summed E-state index contributed by atoms with van der Waals surface area (Å²) in [6, 6.07) is 0.473. The Morgan fingerprint density at radius 3 is 2.50 bits per heavy atom. The van der Waals surface area contributed by atoms with Crippen LogP contribution in [-0.2, 0) is 0 Å². The zero-order valence-electron chi connectivity index (χ0n) is 10.2. The van der Waals surface area contributed by atoms with E-state index in [1.54, 1.807) is 0 Å². The number of nitrogens with one attached hydrogen (secondary N) is 2. The second-order valence-corrected chi connectivity index (χ2v) is 5.23. The minimum absolute atomic E-state index is 0.0311. The highest BCUT2D eigenvalue weighted by molar-refractivity contribution is 5.74. The molecular weight excluding hydrogens is 202 g/mol. The average Bonchev–Trinajstić information content (AvgIpc) is 2.23. The van der Waals surface area contributed by atoms with Crippen LogP contribution in [0.2, 0.25) is 0 Å². The van der Waals surface area contributed by atoms with Gasteiger partial charge in [0.1, 0.15) is 0 Å². The Hall–Kier alpha value is -0.770. The number of carbonyl (C=O) groups is 1. The summed E-state index contributed by atoms with van der Waals surface area (Å²) in [5.74, 6) is 0.670. The summed E-state index contributed by atoms with van der Waals surface area (Å²) in [5.41, 5.74) is 0. The van der Waals surface area contributed by atoms with Gasteiger partial charge in [-0.1, -0.05) is 0 Å². The summed E-state index contributed by atoms with van der Waals surface area (Å²) in [6.45, 7) is 3.17. The zero-order chi connectivity index (χ0) is 11.4. The van der Waals surface area contributed by atoms with Crippen molar-refractivity contribution >= 4 is 6.03 Å². The number of amides is 2. The molecule has 0 atom stereocenters. The van der Waals surface area contributed by atoms with Crippen LogP contribution < -0.4 is 10.6 Å². The molecule has 92 valence electrons. The molecule has 1 aliphatic carbocycles. The van der Waals surface area contributed by atoms with Crippen LogP contribution >= 0.6 is 0 Å². The highest BCUT2D eigenvalue weighted by Crippen LogP contribution is 2.18. The van der Waals surface area contributed by atoms with E-state index >= 15 is 0 Å². The van der Waals surface area contributed by atoms with Crippen LogP contribution in [0.4, 0.5) is 4.79 Å². The van der Waals surface area contributed by atoms with Gasteiger partial charge in [0.25, 0.3) is 0 Å². The molecule has 1 saturated heterocycles. The average molecular weight is 225 g/mol. The standard InChI is InChI=1S/C12H23N3O/c1-15-7-5-10(6-8-15)9-13-12(16)14-11-3-2-4-11/h10-11H,2-9H2,1H3,(H2,13,14,16). The third kappa shape index (κ3) is 3.37. The summed E-state index contributed by atoms with van der Waals surface area (Å²) in [4.78, 5) is 13.9. The molecule has 0 aromatic rings. The summed E-state index contributed by atoms with van der Waals surface area (Å²) >= 11 is 0. The zero-order valence-corrected chi connectivity index (χ0v) is 10.2. The van der Waals surface area contributed by atoms with Crippen molar-refractivity contribution in [3.63, 3.8) is 0 Å². The number of rotatable bonds is 3. The first kappa shape index (κ1) is 11.7. The molecule has 4 heteroatoms. The van der Waals surface area contributed by atoms with Crippen molar-refractivity contribution in [2.45, 2.75) is 38.1 Å². The molecule has 2 aliphatic rings. The lowest BCUT2D eigenvalue weighted by molar-refractivity contribution is 0.205. The van der Waals surface area contributed by atoms with E-state index in [2.05, 4.69) is 22.6 Å². The molecule has 0 spiro atoms. The lowest BCUT2D eigenvalue weighted by Crippen LogP contribution is -2.47. The van der Waals surface area contributed by atoms with Crippen LogP contribution in [0.5, 0.6) is 0 Å². The van der Waals surface area contributed by atoms with Crippen LogP contribution in [0.25, 0.3) is 0 Å². The summed E-state index contributed by atoms with van der Waals surface area (Å²) < 4.78 is 0. The highest BCUT2D eigenvalue weighted by Gasteiger charge is 2.20. The number of hydrogen-bond acceptors (Lipinski definition) is 2. The minimum Gasteiger partial charge on any atom is -0.338 e. The number of hydrogen-bond donors (Lipinski definition) is 2. The van der Waals surface area contributed by atoms with Gasteiger partial charge in [-0.05, 0) is 58.2 Å². The van der Waals surface area contributed by atoms with Crippen molar-refractivity contribution in [3.8, 4) is 0 Å². The van der Waals surface area contributed by atoms with E-state index in [1.807, 2.05) is 0 Å². The van der Waals surface area contributed by atoms with E-state index in [1.165, 1.54) is 19.3 Å². The van der Waals surface area contributed by atoms with Crippen LogP contribution in [0.1, 0.15) is 32.1 Å². The monoisotopic (exact) mass is 225 g/mol. The predicted molar refractivity (Wildman–Crippen MR) is 64.4 cm³/mol. The first-order chi connectivity index (χ1) is 7.74. The largest absolute Gasteiger partial charge is 0.338 e. The first-order valence-electron chi connectivity index (χ1n) is 6.47. The van der Waals surface area contributed by atoms with Gasteiger partial charge in [0, 0.05) is 12.6 Å². The number of nitrogens with zero attached hydrogens (tertiary/aromatic N) is 1. The molecule has 0 bridgehead atoms. The maximum atomic E-state index is 11.5. The maximum absolute atomic E-state index is 11.5. The predicted octanol–water partition coefficient (Wildman–Crippen LogP) is 1.18. The SMILES string of the molecule is CN1CCC(CNC(=O)NC2CCC2)CC1. The minimum atomic E-state index is 0.0311. The summed E-state index contributed by atoms with van der Waals surface area (Å²) in [5, 5.41) is 6.00. The van der Waals surface area contributed by atoms with Gasteiger partial charge in [-0.2, -0.15) is 0 Å².